The van der Waals surface area contributed by atoms with Crippen molar-refractivity contribution in [1.29, 1.82) is 0 Å². The van der Waals surface area contributed by atoms with Crippen LogP contribution in [0.4, 0.5) is 0 Å². The minimum absolute atomic E-state index is 0.0449. The predicted molar refractivity (Wildman–Crippen MR) is 158 cm³/mol. The van der Waals surface area contributed by atoms with Crippen molar-refractivity contribution in [3.8, 4) is 0 Å². The fourth-order valence-electron chi connectivity index (χ4n) is 5.11. The molecule has 210 valence electrons. The van der Waals surface area contributed by atoms with E-state index in [9.17, 15) is 9.59 Å². The zero-order chi connectivity index (χ0) is 28.5. The lowest BCUT2D eigenvalue weighted by molar-refractivity contribution is -0.145. The summed E-state index contributed by atoms with van der Waals surface area (Å²) in [4.78, 5) is 27.3. The normalized spacial score (nSPS) is 18.1. The number of halogens is 2. The van der Waals surface area contributed by atoms with Crippen molar-refractivity contribution in [3.63, 3.8) is 0 Å². The third-order valence-corrected chi connectivity index (χ3v) is 7.61. The monoisotopic (exact) mass is 580 g/mol. The van der Waals surface area contributed by atoms with Crippen LogP contribution in [0.25, 0.3) is 0 Å². The van der Waals surface area contributed by atoms with E-state index >= 15 is 0 Å². The number of nitrogens with one attached hydrogen (secondary N) is 1. The molecule has 6 nitrogen and oxygen atoms in total. The number of amides is 1. The molecule has 1 unspecified atom stereocenters. The van der Waals surface area contributed by atoms with Gasteiger partial charge in [0.15, 0.2) is 0 Å². The van der Waals surface area contributed by atoms with Crippen LogP contribution in [0.3, 0.4) is 0 Å². The SMILES string of the molecule is COC(=O)[C@H](Cc1ccccc1)NC(=O)CCOCC1=CCC(c2ccc(Cl)cc2)N(C)[C@H]1c1cccc(Cl)c1. The second-order valence-electron chi connectivity index (χ2n) is 9.84. The van der Waals surface area contributed by atoms with Crippen LogP contribution in [0, 0.1) is 0 Å². The molecule has 0 spiro atoms. The number of benzene rings is 3. The number of esters is 1. The molecule has 3 atom stereocenters. The molecule has 1 aliphatic rings. The van der Waals surface area contributed by atoms with Crippen molar-refractivity contribution >= 4 is 35.1 Å². The topological polar surface area (TPSA) is 67.9 Å². The van der Waals surface area contributed by atoms with Gasteiger partial charge in [-0.3, -0.25) is 9.69 Å². The zero-order valence-electron chi connectivity index (χ0n) is 22.7. The first-order valence-corrected chi connectivity index (χ1v) is 14.0. The van der Waals surface area contributed by atoms with E-state index in [2.05, 4.69) is 41.5 Å². The van der Waals surface area contributed by atoms with Gasteiger partial charge in [-0.05, 0) is 60.0 Å². The second-order valence-corrected chi connectivity index (χ2v) is 10.7. The van der Waals surface area contributed by atoms with Gasteiger partial charge in [0.05, 0.1) is 26.4 Å². The summed E-state index contributed by atoms with van der Waals surface area (Å²) >= 11 is 12.5. The molecular formula is C32H34Cl2N2O4. The maximum Gasteiger partial charge on any atom is 0.328 e. The minimum Gasteiger partial charge on any atom is -0.467 e. The summed E-state index contributed by atoms with van der Waals surface area (Å²) in [5.41, 5.74) is 4.30. The van der Waals surface area contributed by atoms with Gasteiger partial charge in [-0.1, -0.05) is 83.9 Å². The Balaban J connectivity index is 1.38. The van der Waals surface area contributed by atoms with Crippen molar-refractivity contribution in [1.82, 2.24) is 10.2 Å². The van der Waals surface area contributed by atoms with Crippen LogP contribution in [0.5, 0.6) is 0 Å². The summed E-state index contributed by atoms with van der Waals surface area (Å²) < 4.78 is 10.9. The van der Waals surface area contributed by atoms with Gasteiger partial charge in [-0.15, -0.1) is 0 Å². The molecule has 0 fully saturated rings. The highest BCUT2D eigenvalue weighted by Gasteiger charge is 2.32. The molecule has 1 heterocycles. The first kappa shape index (κ1) is 29.8. The predicted octanol–water partition coefficient (Wildman–Crippen LogP) is 6.34. The summed E-state index contributed by atoms with van der Waals surface area (Å²) in [7, 11) is 3.42. The smallest absolute Gasteiger partial charge is 0.328 e. The number of ether oxygens (including phenoxy) is 2. The third-order valence-electron chi connectivity index (χ3n) is 7.12. The molecule has 0 saturated heterocycles. The van der Waals surface area contributed by atoms with Gasteiger partial charge in [0.1, 0.15) is 6.04 Å². The van der Waals surface area contributed by atoms with Gasteiger partial charge >= 0.3 is 5.97 Å². The molecule has 0 bridgehead atoms. The molecule has 1 amide bonds. The Morgan fingerprint density at radius 3 is 2.42 bits per heavy atom. The highest BCUT2D eigenvalue weighted by molar-refractivity contribution is 6.30. The summed E-state index contributed by atoms with van der Waals surface area (Å²) in [6.45, 7) is 0.585. The third kappa shape index (κ3) is 7.95. The van der Waals surface area contributed by atoms with Crippen molar-refractivity contribution in [2.75, 3.05) is 27.4 Å². The van der Waals surface area contributed by atoms with Crippen LogP contribution < -0.4 is 5.32 Å². The summed E-state index contributed by atoms with van der Waals surface area (Å²) in [6, 6.07) is 24.7. The average Bonchev–Trinajstić information content (AvgIpc) is 2.96. The van der Waals surface area contributed by atoms with E-state index < -0.39 is 12.0 Å². The minimum atomic E-state index is -0.758. The van der Waals surface area contributed by atoms with E-state index in [1.54, 1.807) is 0 Å². The van der Waals surface area contributed by atoms with Gasteiger partial charge in [0.2, 0.25) is 5.91 Å². The van der Waals surface area contributed by atoms with Crippen molar-refractivity contribution in [3.05, 3.63) is 117 Å². The Morgan fingerprint density at radius 1 is 0.975 bits per heavy atom. The quantitative estimate of drug-likeness (QED) is 0.163. The van der Waals surface area contributed by atoms with Crippen molar-refractivity contribution in [2.24, 2.45) is 0 Å². The molecule has 0 aliphatic carbocycles. The Hall–Kier alpha value is -3.16. The first-order valence-electron chi connectivity index (χ1n) is 13.3. The van der Waals surface area contributed by atoms with Crippen LogP contribution in [-0.4, -0.2) is 50.2 Å². The highest BCUT2D eigenvalue weighted by atomic mass is 35.5. The summed E-state index contributed by atoms with van der Waals surface area (Å²) in [6.07, 6.45) is 3.52. The molecular weight excluding hydrogens is 547 g/mol. The highest BCUT2D eigenvalue weighted by Crippen LogP contribution is 2.41. The average molecular weight is 582 g/mol. The van der Waals surface area contributed by atoms with E-state index in [4.69, 9.17) is 32.7 Å². The number of carbonyl (C=O) groups excluding carboxylic acids is 2. The molecule has 1 aliphatic heterocycles. The maximum atomic E-state index is 12.7. The molecule has 0 aromatic heterocycles. The molecule has 4 rings (SSSR count). The number of likely N-dealkylation sites (N-methyl/N-ethyl adjacent to an activating group) is 1. The number of hydrogen-bond acceptors (Lipinski definition) is 5. The lowest BCUT2D eigenvalue weighted by Crippen LogP contribution is -2.43. The lowest BCUT2D eigenvalue weighted by atomic mass is 9.88. The van der Waals surface area contributed by atoms with E-state index in [1.165, 1.54) is 12.7 Å². The zero-order valence-corrected chi connectivity index (χ0v) is 24.2. The standard InChI is InChI=1S/C32H34Cl2N2O4/c1-36-29(23-11-14-26(33)15-12-23)16-13-25(31(36)24-9-6-10-27(34)20-24)21-40-18-17-30(37)35-28(32(38)39-2)19-22-7-4-3-5-8-22/h3-15,20,28-29,31H,16-19,21H2,1-2H3,(H,35,37)/t28-,29?,31-/m0/s1. The molecule has 1 N–H and O–H groups in total. The number of methoxy groups -OCH3 is 1. The van der Waals surface area contributed by atoms with Gasteiger partial charge < -0.3 is 14.8 Å². The van der Waals surface area contributed by atoms with Crippen LogP contribution >= 0.6 is 23.2 Å². The van der Waals surface area contributed by atoms with Crippen LogP contribution in [0.2, 0.25) is 10.0 Å². The maximum absolute atomic E-state index is 12.7. The van der Waals surface area contributed by atoms with E-state index in [-0.39, 0.29) is 31.0 Å². The number of nitrogens with zero attached hydrogens (tertiary/aromatic N) is 1. The second kappa shape index (κ2) is 14.5. The van der Waals surface area contributed by atoms with Gasteiger partial charge in [-0.2, -0.15) is 0 Å². The molecule has 3 aromatic carbocycles. The number of hydrogen-bond donors (Lipinski definition) is 1. The Morgan fingerprint density at radius 2 is 1.73 bits per heavy atom. The van der Waals surface area contributed by atoms with E-state index in [0.717, 1.165) is 23.1 Å². The fourth-order valence-corrected chi connectivity index (χ4v) is 5.43. The Kier molecular flexibility index (Phi) is 10.8. The van der Waals surface area contributed by atoms with Gasteiger partial charge in [-0.25, -0.2) is 4.79 Å². The summed E-state index contributed by atoms with van der Waals surface area (Å²) in [5, 5.41) is 4.17. The number of carbonyl (C=O) groups is 2. The van der Waals surface area contributed by atoms with Crippen LogP contribution in [-0.2, 0) is 25.5 Å². The molecule has 0 saturated carbocycles. The van der Waals surface area contributed by atoms with Crippen LogP contribution in [0.1, 0.15) is 41.6 Å². The molecule has 3 aromatic rings. The van der Waals surface area contributed by atoms with Crippen molar-refractivity contribution in [2.45, 2.75) is 37.4 Å². The molecule has 8 heteroatoms. The Bertz CT molecular complexity index is 1310. The molecule has 40 heavy (non-hydrogen) atoms. The van der Waals surface area contributed by atoms with Crippen molar-refractivity contribution < 1.29 is 19.1 Å². The molecule has 0 radical (unpaired) electrons. The van der Waals surface area contributed by atoms with Gasteiger partial charge in [0.25, 0.3) is 0 Å². The van der Waals surface area contributed by atoms with Crippen LogP contribution in [0.15, 0.2) is 90.5 Å². The lowest BCUT2D eigenvalue weighted by Gasteiger charge is -2.40. The number of rotatable bonds is 11. The Labute approximate surface area is 245 Å². The van der Waals surface area contributed by atoms with E-state index in [1.807, 2.05) is 60.7 Å². The van der Waals surface area contributed by atoms with E-state index in [0.29, 0.717) is 23.1 Å². The summed E-state index contributed by atoms with van der Waals surface area (Å²) in [5.74, 6) is -0.747. The largest absolute Gasteiger partial charge is 0.467 e. The van der Waals surface area contributed by atoms with Gasteiger partial charge in [0, 0.05) is 28.9 Å². The fraction of sp³-hybridized carbons (Fsp3) is 0.312. The first-order chi connectivity index (χ1) is 19.4.